The maximum atomic E-state index is 2.46. The summed E-state index contributed by atoms with van der Waals surface area (Å²) in [5.41, 5.74) is 14.9. The average molecular weight is 702 g/mol. The van der Waals surface area contributed by atoms with Gasteiger partial charge in [-0.15, -0.1) is 0 Å². The lowest BCUT2D eigenvalue weighted by molar-refractivity contribution is 0.888. The quantitative estimate of drug-likeness (QED) is 0.174. The highest BCUT2D eigenvalue weighted by Gasteiger charge is 2.20. The Labute approximate surface area is 318 Å². The number of hydrogen-bond acceptors (Lipinski definition) is 0. The summed E-state index contributed by atoms with van der Waals surface area (Å²) in [6.45, 7) is 0. The number of hydrogen-bond donors (Lipinski definition) is 0. The molecular formula is C52H35N3. The van der Waals surface area contributed by atoms with Crippen molar-refractivity contribution in [2.24, 2.45) is 0 Å². The second kappa shape index (κ2) is 11.7. The lowest BCUT2D eigenvalue weighted by Gasteiger charge is -2.13. The Morgan fingerprint density at radius 3 is 1.67 bits per heavy atom. The molecule has 0 atom stereocenters. The summed E-state index contributed by atoms with van der Waals surface area (Å²) in [5, 5.41) is 8.97. The Morgan fingerprint density at radius 2 is 0.909 bits per heavy atom. The Kier molecular flexibility index (Phi) is 6.46. The van der Waals surface area contributed by atoms with Crippen molar-refractivity contribution < 1.29 is 0 Å². The fourth-order valence-electron chi connectivity index (χ4n) is 9.47. The molecule has 0 spiro atoms. The highest BCUT2D eigenvalue weighted by molar-refractivity contribution is 6.21. The number of nitrogens with zero attached hydrogens (tertiary/aromatic N) is 3. The standard InChI is InChI=1S/C52H35N3/c1-2-13-37(14-3-1)53-46-19-9-6-16-41(46)44-32-35(23-29-49(44)53)36-24-30-50-45(33-36)42-17-7-10-20-47(42)54(50)38-25-27-39(28-26-38)55-48-21-11-8-18-43(48)52-40-15-5-4-12-34(40)22-31-51(52)55/h1-8,10-18,20-33H,9,19H2. The van der Waals surface area contributed by atoms with E-state index in [0.29, 0.717) is 0 Å². The normalized spacial score (nSPS) is 12.9. The molecule has 1 aliphatic rings. The third-order valence-electron chi connectivity index (χ3n) is 11.9. The summed E-state index contributed by atoms with van der Waals surface area (Å²) < 4.78 is 7.29. The molecule has 3 heteroatoms. The van der Waals surface area contributed by atoms with Gasteiger partial charge in [-0.25, -0.2) is 0 Å². The van der Waals surface area contributed by atoms with Crippen molar-refractivity contribution in [1.82, 2.24) is 13.7 Å². The first kappa shape index (κ1) is 30.4. The van der Waals surface area contributed by atoms with Crippen molar-refractivity contribution in [3.8, 4) is 28.2 Å². The molecule has 11 aromatic rings. The van der Waals surface area contributed by atoms with Gasteiger partial charge >= 0.3 is 0 Å². The van der Waals surface area contributed by atoms with E-state index in [1.54, 1.807) is 0 Å². The van der Waals surface area contributed by atoms with Crippen LogP contribution in [0.4, 0.5) is 0 Å². The molecule has 0 aliphatic heterocycles. The second-order valence-electron chi connectivity index (χ2n) is 14.8. The molecule has 0 radical (unpaired) electrons. The van der Waals surface area contributed by atoms with Crippen molar-refractivity contribution in [2.45, 2.75) is 12.8 Å². The molecule has 0 amide bonds. The van der Waals surface area contributed by atoms with E-state index in [1.807, 2.05) is 0 Å². The van der Waals surface area contributed by atoms with Crippen LogP contribution in [0.15, 0.2) is 182 Å². The van der Waals surface area contributed by atoms with Crippen molar-refractivity contribution in [1.29, 1.82) is 0 Å². The van der Waals surface area contributed by atoms with Crippen molar-refractivity contribution in [3.63, 3.8) is 0 Å². The van der Waals surface area contributed by atoms with E-state index in [0.717, 1.165) is 24.2 Å². The van der Waals surface area contributed by atoms with Gasteiger partial charge in [-0.2, -0.15) is 0 Å². The van der Waals surface area contributed by atoms with Gasteiger partial charge in [0.15, 0.2) is 0 Å². The van der Waals surface area contributed by atoms with Crippen molar-refractivity contribution in [3.05, 3.63) is 193 Å². The van der Waals surface area contributed by atoms with Crippen LogP contribution in [-0.2, 0) is 6.42 Å². The van der Waals surface area contributed by atoms with Gasteiger partial charge in [0.2, 0.25) is 0 Å². The van der Waals surface area contributed by atoms with Crippen LogP contribution >= 0.6 is 0 Å². The van der Waals surface area contributed by atoms with Crippen LogP contribution in [0.25, 0.3) is 99.6 Å². The van der Waals surface area contributed by atoms with Crippen molar-refractivity contribution in [2.75, 3.05) is 0 Å². The van der Waals surface area contributed by atoms with E-state index in [2.05, 4.69) is 202 Å². The number of benzene rings is 8. The molecular weight excluding hydrogens is 667 g/mol. The zero-order chi connectivity index (χ0) is 36.0. The first-order valence-corrected chi connectivity index (χ1v) is 19.2. The van der Waals surface area contributed by atoms with Crippen LogP contribution in [0, 0.1) is 0 Å². The lowest BCUT2D eigenvalue weighted by atomic mass is 9.98. The van der Waals surface area contributed by atoms with E-state index in [4.69, 9.17) is 0 Å². The predicted octanol–water partition coefficient (Wildman–Crippen LogP) is 13.6. The van der Waals surface area contributed by atoms with Gasteiger partial charge in [0.1, 0.15) is 0 Å². The van der Waals surface area contributed by atoms with Gasteiger partial charge in [-0.1, -0.05) is 109 Å². The summed E-state index contributed by atoms with van der Waals surface area (Å²) in [6.07, 6.45) is 6.77. The third-order valence-corrected chi connectivity index (χ3v) is 11.9. The molecule has 0 N–H and O–H groups in total. The lowest BCUT2D eigenvalue weighted by Crippen LogP contribution is -2.02. The van der Waals surface area contributed by atoms with Gasteiger partial charge in [-0.05, 0) is 114 Å². The number of rotatable bonds is 4. The fourth-order valence-corrected chi connectivity index (χ4v) is 9.47. The molecule has 0 saturated heterocycles. The summed E-state index contributed by atoms with van der Waals surface area (Å²) in [4.78, 5) is 0. The van der Waals surface area contributed by atoms with E-state index in [-0.39, 0.29) is 0 Å². The van der Waals surface area contributed by atoms with E-state index >= 15 is 0 Å². The molecule has 12 rings (SSSR count). The Morgan fingerprint density at radius 1 is 0.364 bits per heavy atom. The smallest absolute Gasteiger partial charge is 0.0547 e. The molecule has 3 heterocycles. The van der Waals surface area contributed by atoms with Gasteiger partial charge < -0.3 is 13.7 Å². The molecule has 258 valence electrons. The van der Waals surface area contributed by atoms with Gasteiger partial charge in [0.25, 0.3) is 0 Å². The molecule has 3 aromatic heterocycles. The fraction of sp³-hybridized carbons (Fsp3) is 0.0385. The monoisotopic (exact) mass is 701 g/mol. The first-order chi connectivity index (χ1) is 27.3. The summed E-state index contributed by atoms with van der Waals surface area (Å²) >= 11 is 0. The Hall–Kier alpha value is -7.10. The molecule has 0 bridgehead atoms. The van der Waals surface area contributed by atoms with Gasteiger partial charge in [-0.3, -0.25) is 0 Å². The highest BCUT2D eigenvalue weighted by Crippen LogP contribution is 2.40. The maximum absolute atomic E-state index is 2.46. The van der Waals surface area contributed by atoms with Crippen LogP contribution < -0.4 is 0 Å². The minimum Gasteiger partial charge on any atom is -0.313 e. The molecule has 0 unspecified atom stereocenters. The van der Waals surface area contributed by atoms with Gasteiger partial charge in [0.05, 0.1) is 27.6 Å². The SMILES string of the molecule is C1=Cc2c(n(-c3ccccc3)c3ccc(-c4ccc5c(c4)c4ccccc4n5-c4ccc(-n5c6ccccc6c6c7ccccc7ccc65)cc4)cc23)CC1. The largest absolute Gasteiger partial charge is 0.313 e. The van der Waals surface area contributed by atoms with Crippen molar-refractivity contribution >= 4 is 71.4 Å². The zero-order valence-corrected chi connectivity index (χ0v) is 30.2. The number of fused-ring (bicyclic) bond motifs is 11. The summed E-state index contributed by atoms with van der Waals surface area (Å²) in [6, 6.07) is 64.8. The van der Waals surface area contributed by atoms with Crippen LogP contribution in [0.1, 0.15) is 17.7 Å². The average Bonchev–Trinajstić information content (AvgIpc) is 3.89. The molecule has 0 saturated carbocycles. The topological polar surface area (TPSA) is 14.8 Å². The van der Waals surface area contributed by atoms with E-state index < -0.39 is 0 Å². The van der Waals surface area contributed by atoms with Crippen LogP contribution in [0.2, 0.25) is 0 Å². The van der Waals surface area contributed by atoms with Gasteiger partial charge in [0, 0.05) is 55.3 Å². The first-order valence-electron chi connectivity index (χ1n) is 19.2. The summed E-state index contributed by atoms with van der Waals surface area (Å²) in [7, 11) is 0. The predicted molar refractivity (Wildman–Crippen MR) is 232 cm³/mol. The van der Waals surface area contributed by atoms with Crippen LogP contribution in [-0.4, -0.2) is 13.7 Å². The maximum Gasteiger partial charge on any atom is 0.0547 e. The minimum atomic E-state index is 1.05. The third kappa shape index (κ3) is 4.44. The molecule has 0 fully saturated rings. The Bertz CT molecular complexity index is 3350. The molecule has 8 aromatic carbocycles. The van der Waals surface area contributed by atoms with E-state index in [9.17, 15) is 0 Å². The van der Waals surface area contributed by atoms with Crippen LogP contribution in [0.3, 0.4) is 0 Å². The molecule has 55 heavy (non-hydrogen) atoms. The summed E-state index contributed by atoms with van der Waals surface area (Å²) in [5.74, 6) is 0. The van der Waals surface area contributed by atoms with E-state index in [1.165, 1.54) is 93.4 Å². The number of allylic oxidation sites excluding steroid dienone is 1. The number of aromatic nitrogens is 3. The molecule has 3 nitrogen and oxygen atoms in total. The van der Waals surface area contributed by atoms with Crippen LogP contribution in [0.5, 0.6) is 0 Å². The number of para-hydroxylation sites is 3. The zero-order valence-electron chi connectivity index (χ0n) is 30.2. The highest BCUT2D eigenvalue weighted by atomic mass is 15.0. The minimum absolute atomic E-state index is 1.05. The second-order valence-corrected chi connectivity index (χ2v) is 14.8. The Balaban J connectivity index is 0.989. The molecule has 1 aliphatic carbocycles.